The van der Waals surface area contributed by atoms with Crippen LogP contribution < -0.4 is 0 Å². The molecule has 0 aromatic carbocycles. The quantitative estimate of drug-likeness (QED) is 0.507. The molecule has 0 heterocycles. The Kier molecular flexibility index (Phi) is 27.1. The fraction of sp³-hybridized carbons (Fsp3) is 0.667. The van der Waals surface area contributed by atoms with Crippen molar-refractivity contribution in [2.45, 2.75) is 27.7 Å². The Balaban J connectivity index is -0.0000000886. The Morgan fingerprint density at radius 3 is 0.909 bits per heavy atom. The van der Waals surface area contributed by atoms with E-state index in [1.165, 1.54) is 0 Å². The summed E-state index contributed by atoms with van der Waals surface area (Å²) in [6, 6.07) is 0. The second-order valence-electron chi connectivity index (χ2n) is 2.05. The van der Waals surface area contributed by atoms with Crippen LogP contribution in [0.1, 0.15) is 27.7 Å². The Bertz CT molecular complexity index is 86.8. The third-order valence-corrected chi connectivity index (χ3v) is 0. The van der Waals surface area contributed by atoms with Gasteiger partial charge in [-0.05, 0) is 27.7 Å². The summed E-state index contributed by atoms with van der Waals surface area (Å²) >= 11 is -0.106. The molecule has 0 aliphatic rings. The number of halogens is 2. The van der Waals surface area contributed by atoms with Crippen LogP contribution in [0.5, 0.6) is 0 Å². The summed E-state index contributed by atoms with van der Waals surface area (Å²) in [5, 5.41) is 13.0. The summed E-state index contributed by atoms with van der Waals surface area (Å²) in [5.74, 6) is 0. The number of rotatable bonds is 0. The van der Waals surface area contributed by atoms with Crippen molar-refractivity contribution in [1.29, 1.82) is 10.8 Å². The first-order valence-corrected chi connectivity index (χ1v) is 6.74. The molecule has 11 heavy (non-hydrogen) atoms. The predicted octanol–water partition coefficient (Wildman–Crippen LogP) is 3.47. The van der Waals surface area contributed by atoms with Crippen molar-refractivity contribution in [3.05, 3.63) is 0 Å². The molecule has 0 aromatic heterocycles. The van der Waals surface area contributed by atoms with Gasteiger partial charge in [-0.15, -0.1) is 0 Å². The molecule has 2 N–H and O–H groups in total. The van der Waals surface area contributed by atoms with Crippen molar-refractivity contribution in [2.24, 2.45) is 0 Å². The van der Waals surface area contributed by atoms with Crippen LogP contribution in [-0.2, 0) is 15.9 Å². The van der Waals surface area contributed by atoms with Gasteiger partial charge in [0, 0.05) is 11.4 Å². The fourth-order valence-corrected chi connectivity index (χ4v) is 0. The zero-order valence-electron chi connectivity index (χ0n) is 7.07. The van der Waals surface area contributed by atoms with E-state index in [0.717, 1.165) is 0 Å². The molecule has 0 aliphatic carbocycles. The van der Waals surface area contributed by atoms with Crippen molar-refractivity contribution in [3.63, 3.8) is 0 Å². The summed E-state index contributed by atoms with van der Waals surface area (Å²) in [6.07, 6.45) is 0. The summed E-state index contributed by atoms with van der Waals surface area (Å²) < 4.78 is 0. The summed E-state index contributed by atoms with van der Waals surface area (Å²) in [4.78, 5) is 0. The van der Waals surface area contributed by atoms with E-state index in [2.05, 4.69) is 0 Å². The zero-order chi connectivity index (χ0) is 9.86. The molecule has 0 unspecified atom stereocenters. The second kappa shape index (κ2) is 16.9. The molecule has 0 saturated carbocycles. The average molecular weight is 292 g/mol. The Morgan fingerprint density at radius 1 is 0.909 bits per heavy atom. The standard InChI is InChI=1S/2C3H7N.2ClH.Pd/c2*1-3(2)4;;;/h2*4H,1-2H3;2*1H;/q;;;;+2/p-2. The summed E-state index contributed by atoms with van der Waals surface area (Å²) in [6.45, 7) is 7.00. The van der Waals surface area contributed by atoms with Crippen LogP contribution in [-0.4, -0.2) is 11.4 Å². The second-order valence-corrected chi connectivity index (χ2v) is 4.41. The molecule has 0 fully saturated rings. The molecule has 0 amide bonds. The first-order chi connectivity index (χ1) is 4.88. The van der Waals surface area contributed by atoms with Gasteiger partial charge in [-0.3, -0.25) is 0 Å². The maximum atomic E-state index is 6.50. The Labute approximate surface area is 84.8 Å². The SMILES string of the molecule is CC(C)=N.CC(C)=N.[Cl][Pd][Cl]. The average Bonchev–Trinajstić information content (AvgIpc) is 1.60. The minimum absolute atomic E-state index is 0.106. The molecule has 72 valence electrons. The third kappa shape index (κ3) is 2300. The molecule has 2 nitrogen and oxygen atoms in total. The van der Waals surface area contributed by atoms with Gasteiger partial charge in [0.1, 0.15) is 0 Å². The first kappa shape index (κ1) is 17.6. The van der Waals surface area contributed by atoms with Crippen molar-refractivity contribution in [1.82, 2.24) is 0 Å². The van der Waals surface area contributed by atoms with E-state index >= 15 is 0 Å². The minimum atomic E-state index is -0.106. The molecule has 0 aliphatic heterocycles. The molecule has 0 rings (SSSR count). The van der Waals surface area contributed by atoms with E-state index in [9.17, 15) is 0 Å². The van der Waals surface area contributed by atoms with Crippen molar-refractivity contribution in [2.75, 3.05) is 0 Å². The van der Waals surface area contributed by atoms with E-state index in [4.69, 9.17) is 29.9 Å². The Morgan fingerprint density at radius 2 is 0.909 bits per heavy atom. The van der Waals surface area contributed by atoms with E-state index in [1.807, 2.05) is 0 Å². The predicted molar refractivity (Wildman–Crippen MR) is 49.9 cm³/mol. The molecule has 0 spiro atoms. The molecule has 0 bridgehead atoms. The molecular formula is C6H14Cl2N2Pd. The number of nitrogens with one attached hydrogen (secondary N) is 2. The van der Waals surface area contributed by atoms with E-state index in [1.54, 1.807) is 27.7 Å². The molecule has 0 saturated heterocycles. The zero-order valence-corrected chi connectivity index (χ0v) is 10.1. The first-order valence-electron chi connectivity index (χ1n) is 2.74. The fourth-order valence-electron chi connectivity index (χ4n) is 0. The molecule has 0 aromatic rings. The summed E-state index contributed by atoms with van der Waals surface area (Å²) in [5.41, 5.74) is 1.33. The monoisotopic (exact) mass is 290 g/mol. The maximum absolute atomic E-state index is 6.50. The van der Waals surface area contributed by atoms with Gasteiger partial charge in [0.05, 0.1) is 0 Å². The third-order valence-electron chi connectivity index (χ3n) is 0. The molecule has 0 atom stereocenters. The molecular weight excluding hydrogens is 277 g/mol. The van der Waals surface area contributed by atoms with Crippen LogP contribution in [0.15, 0.2) is 0 Å². The molecule has 0 radical (unpaired) electrons. The topological polar surface area (TPSA) is 47.7 Å². The van der Waals surface area contributed by atoms with Gasteiger partial charge in [0.2, 0.25) is 0 Å². The van der Waals surface area contributed by atoms with E-state index in [-0.39, 0.29) is 15.9 Å². The van der Waals surface area contributed by atoms with E-state index in [0.29, 0.717) is 11.4 Å². The van der Waals surface area contributed by atoms with Gasteiger partial charge in [-0.2, -0.15) is 0 Å². The van der Waals surface area contributed by atoms with Crippen LogP contribution in [0.3, 0.4) is 0 Å². The number of hydrogen-bond acceptors (Lipinski definition) is 2. The van der Waals surface area contributed by atoms with Crippen LogP contribution in [0, 0.1) is 10.8 Å². The Hall–Kier alpha value is 0.582. The van der Waals surface area contributed by atoms with Gasteiger partial charge in [0.25, 0.3) is 0 Å². The van der Waals surface area contributed by atoms with Crippen molar-refractivity contribution < 1.29 is 15.9 Å². The normalized spacial score (nSPS) is 6.73. The summed E-state index contributed by atoms with van der Waals surface area (Å²) in [7, 11) is 9.63. The van der Waals surface area contributed by atoms with Crippen LogP contribution >= 0.6 is 19.1 Å². The van der Waals surface area contributed by atoms with Crippen LogP contribution in [0.25, 0.3) is 0 Å². The van der Waals surface area contributed by atoms with Crippen LogP contribution in [0.2, 0.25) is 0 Å². The van der Waals surface area contributed by atoms with Crippen molar-refractivity contribution >= 4 is 30.5 Å². The van der Waals surface area contributed by atoms with Crippen molar-refractivity contribution in [3.8, 4) is 0 Å². The van der Waals surface area contributed by atoms with Crippen LogP contribution in [0.4, 0.5) is 0 Å². The molecule has 5 heteroatoms. The van der Waals surface area contributed by atoms with Gasteiger partial charge in [-0.25, -0.2) is 0 Å². The van der Waals surface area contributed by atoms with Gasteiger partial charge in [0.15, 0.2) is 0 Å². The van der Waals surface area contributed by atoms with E-state index < -0.39 is 0 Å². The van der Waals surface area contributed by atoms with Gasteiger partial charge in [-0.1, -0.05) is 0 Å². The van der Waals surface area contributed by atoms with Gasteiger partial charge >= 0.3 is 35.0 Å². The number of hydrogen-bond donors (Lipinski definition) is 2. The van der Waals surface area contributed by atoms with Gasteiger partial charge < -0.3 is 10.8 Å².